The van der Waals surface area contributed by atoms with Crippen molar-refractivity contribution in [3.05, 3.63) is 76.0 Å². The standard InChI is InChI=1S/C24H29N3O3/c1-5-6-15-27-23(30)26(22(25-27)24(2,3)4)16-17-11-13-18(14-12-17)19-9-7-8-10-20(19)21(28)29/h7-14H,5-6,15-16H2,1-4H3,(H,28,29). The van der Waals surface area contributed by atoms with E-state index in [1.165, 1.54) is 0 Å². The van der Waals surface area contributed by atoms with Crippen LogP contribution in [0.15, 0.2) is 53.3 Å². The van der Waals surface area contributed by atoms with Crippen molar-refractivity contribution in [3.63, 3.8) is 0 Å². The minimum Gasteiger partial charge on any atom is -0.478 e. The van der Waals surface area contributed by atoms with E-state index in [0.717, 1.165) is 29.8 Å². The van der Waals surface area contributed by atoms with Crippen molar-refractivity contribution in [2.24, 2.45) is 0 Å². The van der Waals surface area contributed by atoms with Crippen LogP contribution in [0, 0.1) is 0 Å². The molecule has 0 atom stereocenters. The SMILES string of the molecule is CCCCn1nc(C(C)(C)C)n(Cc2ccc(-c3ccccc3C(=O)O)cc2)c1=O. The minimum atomic E-state index is -0.949. The highest BCUT2D eigenvalue weighted by Gasteiger charge is 2.24. The zero-order valence-electron chi connectivity index (χ0n) is 18.1. The van der Waals surface area contributed by atoms with Gasteiger partial charge < -0.3 is 5.11 Å². The van der Waals surface area contributed by atoms with Crippen LogP contribution in [0.2, 0.25) is 0 Å². The number of hydrogen-bond acceptors (Lipinski definition) is 3. The lowest BCUT2D eigenvalue weighted by molar-refractivity contribution is 0.0697. The largest absolute Gasteiger partial charge is 0.478 e. The molecule has 1 aromatic heterocycles. The average molecular weight is 408 g/mol. The fourth-order valence-electron chi connectivity index (χ4n) is 3.49. The van der Waals surface area contributed by atoms with Crippen LogP contribution < -0.4 is 5.69 Å². The Hall–Kier alpha value is -3.15. The van der Waals surface area contributed by atoms with Gasteiger partial charge in [0.05, 0.1) is 12.1 Å². The highest BCUT2D eigenvalue weighted by atomic mass is 16.4. The third kappa shape index (κ3) is 4.53. The molecule has 0 aliphatic rings. The van der Waals surface area contributed by atoms with Crippen molar-refractivity contribution in [3.8, 4) is 11.1 Å². The fraction of sp³-hybridized carbons (Fsp3) is 0.375. The number of benzene rings is 2. The van der Waals surface area contributed by atoms with E-state index in [1.54, 1.807) is 27.4 Å². The molecule has 0 saturated carbocycles. The zero-order valence-corrected chi connectivity index (χ0v) is 18.1. The summed E-state index contributed by atoms with van der Waals surface area (Å²) in [6.07, 6.45) is 1.92. The molecule has 1 heterocycles. The van der Waals surface area contributed by atoms with E-state index in [4.69, 9.17) is 0 Å². The maximum atomic E-state index is 13.0. The van der Waals surface area contributed by atoms with Crippen LogP contribution in [0.4, 0.5) is 0 Å². The number of unbranched alkanes of at least 4 members (excludes halogenated alkanes) is 1. The summed E-state index contributed by atoms with van der Waals surface area (Å²) in [6.45, 7) is 9.32. The van der Waals surface area contributed by atoms with E-state index < -0.39 is 5.97 Å². The van der Waals surface area contributed by atoms with Crippen molar-refractivity contribution >= 4 is 5.97 Å². The Morgan fingerprint density at radius 1 is 1.07 bits per heavy atom. The van der Waals surface area contributed by atoms with Gasteiger partial charge in [-0.05, 0) is 29.2 Å². The van der Waals surface area contributed by atoms with Gasteiger partial charge in [-0.15, -0.1) is 0 Å². The van der Waals surface area contributed by atoms with E-state index in [1.807, 2.05) is 30.3 Å². The maximum absolute atomic E-state index is 13.0. The lowest BCUT2D eigenvalue weighted by Gasteiger charge is -2.18. The predicted molar refractivity (Wildman–Crippen MR) is 118 cm³/mol. The van der Waals surface area contributed by atoms with E-state index in [2.05, 4.69) is 32.8 Å². The summed E-state index contributed by atoms with van der Waals surface area (Å²) in [7, 11) is 0. The molecule has 0 aliphatic carbocycles. The first-order valence-corrected chi connectivity index (χ1v) is 10.3. The quantitative estimate of drug-likeness (QED) is 0.623. The summed E-state index contributed by atoms with van der Waals surface area (Å²) in [6, 6.07) is 14.6. The van der Waals surface area contributed by atoms with Crippen LogP contribution in [-0.2, 0) is 18.5 Å². The number of aromatic nitrogens is 3. The number of carbonyl (C=O) groups is 1. The summed E-state index contributed by atoms with van der Waals surface area (Å²) in [5.74, 6) is -0.181. The van der Waals surface area contributed by atoms with Gasteiger partial charge in [0.2, 0.25) is 0 Å². The number of hydrogen-bond donors (Lipinski definition) is 1. The summed E-state index contributed by atoms with van der Waals surface area (Å²) in [5.41, 5.74) is 2.41. The van der Waals surface area contributed by atoms with Gasteiger partial charge in [0.25, 0.3) is 0 Å². The summed E-state index contributed by atoms with van der Waals surface area (Å²) in [4.78, 5) is 24.5. The molecule has 30 heavy (non-hydrogen) atoms. The van der Waals surface area contributed by atoms with Crippen molar-refractivity contribution in [1.29, 1.82) is 0 Å². The first kappa shape index (κ1) is 21.6. The molecule has 0 radical (unpaired) electrons. The second-order valence-electron chi connectivity index (χ2n) is 8.57. The second-order valence-corrected chi connectivity index (χ2v) is 8.57. The van der Waals surface area contributed by atoms with Crippen LogP contribution in [0.1, 0.15) is 62.3 Å². The molecule has 6 nitrogen and oxygen atoms in total. The Labute approximate surface area is 176 Å². The number of carboxylic acids is 1. The summed E-state index contributed by atoms with van der Waals surface area (Å²) in [5, 5.41) is 14.0. The Morgan fingerprint density at radius 3 is 2.33 bits per heavy atom. The summed E-state index contributed by atoms with van der Waals surface area (Å²) < 4.78 is 3.32. The van der Waals surface area contributed by atoms with Crippen LogP contribution in [0.25, 0.3) is 11.1 Å². The van der Waals surface area contributed by atoms with Gasteiger partial charge in [-0.2, -0.15) is 5.10 Å². The minimum absolute atomic E-state index is 0.0892. The highest BCUT2D eigenvalue weighted by molar-refractivity contribution is 5.95. The lowest BCUT2D eigenvalue weighted by atomic mass is 9.95. The molecule has 0 amide bonds. The molecule has 0 unspecified atom stereocenters. The van der Waals surface area contributed by atoms with E-state index in [0.29, 0.717) is 18.7 Å². The van der Waals surface area contributed by atoms with Crippen LogP contribution in [0.3, 0.4) is 0 Å². The summed E-state index contributed by atoms with van der Waals surface area (Å²) >= 11 is 0. The van der Waals surface area contributed by atoms with Gasteiger partial charge in [-0.3, -0.25) is 4.57 Å². The first-order valence-electron chi connectivity index (χ1n) is 10.3. The van der Waals surface area contributed by atoms with Gasteiger partial charge in [0, 0.05) is 12.0 Å². The molecule has 0 aliphatic heterocycles. The Bertz CT molecular complexity index is 1090. The second kappa shape index (κ2) is 8.69. The molecule has 3 rings (SSSR count). The predicted octanol–water partition coefficient (Wildman–Crippen LogP) is 4.56. The van der Waals surface area contributed by atoms with E-state index in [-0.39, 0.29) is 16.7 Å². The molecule has 3 aromatic rings. The highest BCUT2D eigenvalue weighted by Crippen LogP contribution is 2.25. The maximum Gasteiger partial charge on any atom is 0.346 e. The lowest BCUT2D eigenvalue weighted by Crippen LogP contribution is -2.28. The Balaban J connectivity index is 1.94. The van der Waals surface area contributed by atoms with Gasteiger partial charge in [-0.25, -0.2) is 14.3 Å². The van der Waals surface area contributed by atoms with Crippen molar-refractivity contribution in [2.45, 2.75) is 59.0 Å². The van der Waals surface area contributed by atoms with E-state index >= 15 is 0 Å². The van der Waals surface area contributed by atoms with E-state index in [9.17, 15) is 14.7 Å². The molecule has 2 aromatic carbocycles. The van der Waals surface area contributed by atoms with Gasteiger partial charge in [0.15, 0.2) is 0 Å². The zero-order chi connectivity index (χ0) is 21.9. The third-order valence-electron chi connectivity index (χ3n) is 5.08. The monoisotopic (exact) mass is 407 g/mol. The molecule has 1 N–H and O–H groups in total. The number of aromatic carboxylic acids is 1. The number of rotatable bonds is 7. The number of nitrogens with zero attached hydrogens (tertiary/aromatic N) is 3. The molecule has 0 bridgehead atoms. The molecule has 158 valence electrons. The molecule has 0 fully saturated rings. The molecular weight excluding hydrogens is 378 g/mol. The van der Waals surface area contributed by atoms with Gasteiger partial charge in [0.1, 0.15) is 5.82 Å². The van der Waals surface area contributed by atoms with Gasteiger partial charge in [-0.1, -0.05) is 76.6 Å². The average Bonchev–Trinajstić information content (AvgIpc) is 3.03. The van der Waals surface area contributed by atoms with Crippen LogP contribution in [-0.4, -0.2) is 25.4 Å². The molecule has 0 saturated heterocycles. The van der Waals surface area contributed by atoms with Gasteiger partial charge >= 0.3 is 11.7 Å². The van der Waals surface area contributed by atoms with Crippen LogP contribution in [0.5, 0.6) is 0 Å². The van der Waals surface area contributed by atoms with Crippen molar-refractivity contribution in [1.82, 2.24) is 14.3 Å². The number of aryl methyl sites for hydroxylation is 1. The smallest absolute Gasteiger partial charge is 0.346 e. The third-order valence-corrected chi connectivity index (χ3v) is 5.08. The van der Waals surface area contributed by atoms with Crippen molar-refractivity contribution in [2.75, 3.05) is 0 Å². The number of carboxylic acid groups (broad SMARTS) is 1. The fourth-order valence-corrected chi connectivity index (χ4v) is 3.49. The topological polar surface area (TPSA) is 77.1 Å². The van der Waals surface area contributed by atoms with Crippen LogP contribution >= 0.6 is 0 Å². The molecular formula is C24H29N3O3. The normalized spacial score (nSPS) is 11.6. The Morgan fingerprint density at radius 2 is 1.73 bits per heavy atom. The van der Waals surface area contributed by atoms with Crippen molar-refractivity contribution < 1.29 is 9.90 Å². The first-order chi connectivity index (χ1) is 14.2. The molecule has 0 spiro atoms. The Kier molecular flexibility index (Phi) is 6.25. The molecule has 6 heteroatoms.